The lowest BCUT2D eigenvalue weighted by Crippen LogP contribution is -2.16. The Morgan fingerprint density at radius 3 is 3.20 bits per heavy atom. The van der Waals surface area contributed by atoms with E-state index in [-0.39, 0.29) is 12.0 Å². The molecule has 4 nitrogen and oxygen atoms in total. The number of rotatable bonds is 4. The Morgan fingerprint density at radius 2 is 2.35 bits per heavy atom. The molecule has 20 heavy (non-hydrogen) atoms. The Hall–Kier alpha value is -1.55. The lowest BCUT2D eigenvalue weighted by atomic mass is 10.0. The summed E-state index contributed by atoms with van der Waals surface area (Å²) in [7, 11) is 0. The minimum absolute atomic E-state index is 0.0799. The van der Waals surface area contributed by atoms with Crippen molar-refractivity contribution >= 4 is 17.3 Å². The van der Waals surface area contributed by atoms with E-state index in [0.717, 1.165) is 50.2 Å². The first kappa shape index (κ1) is 13.4. The zero-order chi connectivity index (χ0) is 13.8. The Balaban J connectivity index is 1.52. The van der Waals surface area contributed by atoms with Gasteiger partial charge >= 0.3 is 0 Å². The van der Waals surface area contributed by atoms with Gasteiger partial charge in [0.25, 0.3) is 0 Å². The van der Waals surface area contributed by atoms with Gasteiger partial charge in [-0.1, -0.05) is 6.07 Å². The number of nitrogens with one attached hydrogen (secondary N) is 2. The van der Waals surface area contributed by atoms with Gasteiger partial charge in [0.15, 0.2) is 0 Å². The Labute approximate surface area is 119 Å². The number of hydrogen-bond acceptors (Lipinski definition) is 3. The van der Waals surface area contributed by atoms with Crippen LogP contribution in [0.4, 0.5) is 11.4 Å². The maximum Gasteiger partial charge on any atom is 0.224 e. The number of benzene rings is 1. The minimum atomic E-state index is 0.0799. The molecule has 3 rings (SSSR count). The standard InChI is InChI=1S/C16H22N2O2/c19-16(8-7-14-4-2-10-20-14)18-13-6-5-12-3-1-9-17-15(12)11-13/h5-6,11,14,17H,1-4,7-10H2,(H,18,19). The van der Waals surface area contributed by atoms with Crippen LogP contribution in [0, 0.1) is 0 Å². The second-order valence-corrected chi connectivity index (χ2v) is 5.62. The summed E-state index contributed by atoms with van der Waals surface area (Å²) in [6, 6.07) is 6.14. The van der Waals surface area contributed by atoms with Gasteiger partial charge in [-0.15, -0.1) is 0 Å². The topological polar surface area (TPSA) is 50.4 Å². The lowest BCUT2D eigenvalue weighted by molar-refractivity contribution is -0.116. The van der Waals surface area contributed by atoms with E-state index in [4.69, 9.17) is 4.74 Å². The zero-order valence-corrected chi connectivity index (χ0v) is 11.8. The van der Waals surface area contributed by atoms with Crippen LogP contribution in [-0.4, -0.2) is 25.2 Å². The van der Waals surface area contributed by atoms with Crippen LogP contribution in [-0.2, 0) is 16.0 Å². The van der Waals surface area contributed by atoms with Crippen molar-refractivity contribution in [1.29, 1.82) is 0 Å². The van der Waals surface area contributed by atoms with Crippen molar-refractivity contribution in [3.63, 3.8) is 0 Å². The second kappa shape index (κ2) is 6.27. The van der Waals surface area contributed by atoms with Crippen molar-refractivity contribution in [2.75, 3.05) is 23.8 Å². The zero-order valence-electron chi connectivity index (χ0n) is 11.8. The molecule has 1 saturated heterocycles. The summed E-state index contributed by atoms with van der Waals surface area (Å²) in [4.78, 5) is 12.0. The number of aryl methyl sites for hydroxylation is 1. The highest BCUT2D eigenvalue weighted by Crippen LogP contribution is 2.25. The molecule has 0 bridgehead atoms. The van der Waals surface area contributed by atoms with Crippen molar-refractivity contribution in [1.82, 2.24) is 0 Å². The fraction of sp³-hybridized carbons (Fsp3) is 0.562. The van der Waals surface area contributed by atoms with Crippen LogP contribution in [0.5, 0.6) is 0 Å². The molecule has 2 heterocycles. The van der Waals surface area contributed by atoms with Crippen molar-refractivity contribution in [2.24, 2.45) is 0 Å². The van der Waals surface area contributed by atoms with Gasteiger partial charge in [-0.3, -0.25) is 4.79 Å². The molecule has 4 heteroatoms. The molecule has 2 aliphatic rings. The molecule has 0 aliphatic carbocycles. The van der Waals surface area contributed by atoms with Crippen LogP contribution in [0.15, 0.2) is 18.2 Å². The molecule has 0 spiro atoms. The Kier molecular flexibility index (Phi) is 4.21. The summed E-state index contributed by atoms with van der Waals surface area (Å²) in [6.45, 7) is 1.87. The quantitative estimate of drug-likeness (QED) is 0.887. The summed E-state index contributed by atoms with van der Waals surface area (Å²) in [5.41, 5.74) is 3.39. The van der Waals surface area contributed by atoms with Gasteiger partial charge in [-0.2, -0.15) is 0 Å². The molecule has 1 aromatic carbocycles. The maximum atomic E-state index is 12.0. The van der Waals surface area contributed by atoms with E-state index in [0.29, 0.717) is 6.42 Å². The summed E-state index contributed by atoms with van der Waals surface area (Å²) < 4.78 is 5.54. The highest BCUT2D eigenvalue weighted by atomic mass is 16.5. The Morgan fingerprint density at radius 1 is 1.40 bits per heavy atom. The average molecular weight is 274 g/mol. The fourth-order valence-electron chi connectivity index (χ4n) is 2.93. The van der Waals surface area contributed by atoms with Gasteiger partial charge in [-0.25, -0.2) is 0 Å². The van der Waals surface area contributed by atoms with E-state index in [2.05, 4.69) is 16.7 Å². The number of ether oxygens (including phenoxy) is 1. The van der Waals surface area contributed by atoms with E-state index >= 15 is 0 Å². The van der Waals surface area contributed by atoms with Crippen molar-refractivity contribution in [2.45, 2.75) is 44.6 Å². The third-order valence-electron chi connectivity index (χ3n) is 4.05. The smallest absolute Gasteiger partial charge is 0.224 e. The third-order valence-corrected chi connectivity index (χ3v) is 4.05. The number of hydrogen-bond donors (Lipinski definition) is 2. The van der Waals surface area contributed by atoms with Gasteiger partial charge in [0.1, 0.15) is 0 Å². The van der Waals surface area contributed by atoms with Gasteiger partial charge in [-0.05, 0) is 49.8 Å². The predicted octanol–water partition coefficient (Wildman–Crippen LogP) is 2.94. The minimum Gasteiger partial charge on any atom is -0.385 e. The second-order valence-electron chi connectivity index (χ2n) is 5.62. The van der Waals surface area contributed by atoms with Gasteiger partial charge in [0.05, 0.1) is 6.10 Å². The molecular formula is C16H22N2O2. The highest BCUT2D eigenvalue weighted by Gasteiger charge is 2.17. The monoisotopic (exact) mass is 274 g/mol. The summed E-state index contributed by atoms with van der Waals surface area (Å²) >= 11 is 0. The maximum absolute atomic E-state index is 12.0. The molecule has 1 amide bonds. The van der Waals surface area contributed by atoms with E-state index in [1.807, 2.05) is 12.1 Å². The van der Waals surface area contributed by atoms with Gasteiger partial charge < -0.3 is 15.4 Å². The van der Waals surface area contributed by atoms with Crippen LogP contribution < -0.4 is 10.6 Å². The van der Waals surface area contributed by atoms with Crippen LogP contribution in [0.3, 0.4) is 0 Å². The molecule has 2 N–H and O–H groups in total. The molecule has 1 aromatic rings. The van der Waals surface area contributed by atoms with Gasteiger partial charge in [0, 0.05) is 30.9 Å². The van der Waals surface area contributed by atoms with E-state index in [1.165, 1.54) is 12.0 Å². The normalized spacial score (nSPS) is 21.1. The molecule has 0 radical (unpaired) electrons. The van der Waals surface area contributed by atoms with Crippen molar-refractivity contribution < 1.29 is 9.53 Å². The number of amides is 1. The van der Waals surface area contributed by atoms with E-state index in [1.54, 1.807) is 0 Å². The first-order valence-electron chi connectivity index (χ1n) is 7.59. The van der Waals surface area contributed by atoms with Crippen LogP contribution in [0.1, 0.15) is 37.7 Å². The van der Waals surface area contributed by atoms with Crippen LogP contribution in [0.25, 0.3) is 0 Å². The number of carbonyl (C=O) groups excluding carboxylic acids is 1. The molecule has 1 atom stereocenters. The van der Waals surface area contributed by atoms with Crippen LogP contribution >= 0.6 is 0 Å². The fourth-order valence-corrected chi connectivity index (χ4v) is 2.93. The summed E-state index contributed by atoms with van der Waals surface area (Å²) in [5.74, 6) is 0.0799. The average Bonchev–Trinajstić information content (AvgIpc) is 2.98. The molecule has 108 valence electrons. The van der Waals surface area contributed by atoms with E-state index < -0.39 is 0 Å². The predicted molar refractivity (Wildman–Crippen MR) is 80.1 cm³/mol. The third kappa shape index (κ3) is 3.31. The van der Waals surface area contributed by atoms with E-state index in [9.17, 15) is 4.79 Å². The Bertz CT molecular complexity index is 481. The largest absolute Gasteiger partial charge is 0.385 e. The van der Waals surface area contributed by atoms with Crippen molar-refractivity contribution in [3.05, 3.63) is 23.8 Å². The molecule has 0 aromatic heterocycles. The highest BCUT2D eigenvalue weighted by molar-refractivity contribution is 5.91. The molecule has 1 fully saturated rings. The molecule has 0 saturated carbocycles. The molecule has 2 aliphatic heterocycles. The molecule has 1 unspecified atom stereocenters. The number of carbonyl (C=O) groups is 1. The number of anilines is 2. The summed E-state index contributed by atoms with van der Waals surface area (Å²) in [6.07, 6.45) is 6.17. The van der Waals surface area contributed by atoms with Crippen LogP contribution in [0.2, 0.25) is 0 Å². The SMILES string of the molecule is O=C(CCC1CCCO1)Nc1ccc2c(c1)NCCC2. The first-order valence-corrected chi connectivity index (χ1v) is 7.59. The molecular weight excluding hydrogens is 252 g/mol. The number of fused-ring (bicyclic) bond motifs is 1. The first-order chi connectivity index (χ1) is 9.81. The summed E-state index contributed by atoms with van der Waals surface area (Å²) in [5, 5.41) is 6.36. The van der Waals surface area contributed by atoms with Crippen molar-refractivity contribution in [3.8, 4) is 0 Å². The lowest BCUT2D eigenvalue weighted by Gasteiger charge is -2.19. The van der Waals surface area contributed by atoms with Gasteiger partial charge in [0.2, 0.25) is 5.91 Å².